The van der Waals surface area contributed by atoms with Crippen molar-refractivity contribution in [2.75, 3.05) is 7.11 Å². The van der Waals surface area contributed by atoms with E-state index < -0.39 is 0 Å². The van der Waals surface area contributed by atoms with E-state index in [0.29, 0.717) is 16.3 Å². The van der Waals surface area contributed by atoms with Crippen LogP contribution < -0.4 is 10.1 Å². The van der Waals surface area contributed by atoms with Gasteiger partial charge in [-0.2, -0.15) is 0 Å². The van der Waals surface area contributed by atoms with Gasteiger partial charge in [-0.1, -0.05) is 56.6 Å². The first-order chi connectivity index (χ1) is 11.2. The maximum Gasteiger partial charge on any atom is 0.251 e. The van der Waals surface area contributed by atoms with E-state index in [1.807, 2.05) is 6.92 Å². The number of carbonyl (C=O) groups is 1. The number of amides is 1. The van der Waals surface area contributed by atoms with Gasteiger partial charge in [-0.3, -0.25) is 4.79 Å². The highest BCUT2D eigenvalue weighted by Gasteiger charge is 2.16. The highest BCUT2D eigenvalue weighted by atomic mass is 35.5. The molecule has 1 N–H and O–H groups in total. The van der Waals surface area contributed by atoms with Gasteiger partial charge in [-0.05, 0) is 41.7 Å². The van der Waals surface area contributed by atoms with Crippen molar-refractivity contribution >= 4 is 17.5 Å². The Morgan fingerprint density at radius 2 is 1.75 bits per heavy atom. The van der Waals surface area contributed by atoms with Gasteiger partial charge in [0.15, 0.2) is 0 Å². The Labute approximate surface area is 149 Å². The molecule has 0 heterocycles. The molecule has 2 aromatic rings. The normalized spacial score (nSPS) is 12.6. The van der Waals surface area contributed by atoms with Crippen LogP contribution in [0.15, 0.2) is 42.5 Å². The third kappa shape index (κ3) is 4.30. The van der Waals surface area contributed by atoms with E-state index in [0.717, 1.165) is 5.56 Å². The first-order valence-electron chi connectivity index (χ1n) is 7.97. The van der Waals surface area contributed by atoms with Crippen molar-refractivity contribution in [3.05, 3.63) is 64.2 Å². The Morgan fingerprint density at radius 3 is 2.25 bits per heavy atom. The number of ether oxygens (including phenoxy) is 1. The van der Waals surface area contributed by atoms with Crippen molar-refractivity contribution in [2.45, 2.75) is 39.2 Å². The molecule has 0 radical (unpaired) electrons. The molecular weight excluding hydrogens is 322 g/mol. The molecule has 0 saturated heterocycles. The monoisotopic (exact) mass is 345 g/mol. The molecule has 0 aromatic heterocycles. The molecule has 0 bridgehead atoms. The van der Waals surface area contributed by atoms with Gasteiger partial charge in [0.1, 0.15) is 5.75 Å². The summed E-state index contributed by atoms with van der Waals surface area (Å²) in [5.74, 6) is 0.394. The van der Waals surface area contributed by atoms with Crippen LogP contribution in [0.25, 0.3) is 0 Å². The molecule has 2 rings (SSSR count). The lowest BCUT2D eigenvalue weighted by Gasteiger charge is -2.21. The summed E-state index contributed by atoms with van der Waals surface area (Å²) in [5.41, 5.74) is 2.96. The number of nitrogens with one attached hydrogen (secondary N) is 1. The number of methoxy groups -OCH3 is 1. The van der Waals surface area contributed by atoms with E-state index >= 15 is 0 Å². The van der Waals surface area contributed by atoms with Crippen LogP contribution in [-0.4, -0.2) is 13.0 Å². The lowest BCUT2D eigenvalue weighted by atomic mass is 9.86. The summed E-state index contributed by atoms with van der Waals surface area (Å²) in [7, 11) is 1.55. The lowest BCUT2D eigenvalue weighted by molar-refractivity contribution is 0.0940. The number of hydrogen-bond acceptors (Lipinski definition) is 2. The van der Waals surface area contributed by atoms with Gasteiger partial charge in [0.05, 0.1) is 18.2 Å². The summed E-state index contributed by atoms with van der Waals surface area (Å²) in [5, 5.41) is 3.42. The summed E-state index contributed by atoms with van der Waals surface area (Å²) in [6.45, 7) is 8.51. The van der Waals surface area contributed by atoms with E-state index in [-0.39, 0.29) is 17.4 Å². The SMILES string of the molecule is COc1ccc(C(=O)N[C@H](C)c2ccc(C(C)(C)C)cc2)cc1Cl. The van der Waals surface area contributed by atoms with Gasteiger partial charge in [-0.25, -0.2) is 0 Å². The van der Waals surface area contributed by atoms with Gasteiger partial charge >= 0.3 is 0 Å². The topological polar surface area (TPSA) is 38.3 Å². The molecule has 4 heteroatoms. The van der Waals surface area contributed by atoms with Crippen molar-refractivity contribution in [3.63, 3.8) is 0 Å². The van der Waals surface area contributed by atoms with Crippen molar-refractivity contribution in [1.82, 2.24) is 5.32 Å². The standard InChI is InChI=1S/C20H24ClNO2/c1-13(14-6-9-16(10-7-14)20(2,3)4)22-19(23)15-8-11-18(24-5)17(21)12-15/h6-13H,1-5H3,(H,22,23)/t13-/m1/s1. The maximum absolute atomic E-state index is 12.4. The summed E-state index contributed by atoms with van der Waals surface area (Å²) in [4.78, 5) is 12.4. The van der Waals surface area contributed by atoms with Gasteiger partial charge in [-0.15, -0.1) is 0 Å². The second-order valence-electron chi connectivity index (χ2n) is 6.92. The number of rotatable bonds is 4. The molecule has 0 saturated carbocycles. The molecule has 1 amide bonds. The van der Waals surface area contributed by atoms with E-state index in [1.165, 1.54) is 5.56 Å². The molecule has 0 unspecified atom stereocenters. The van der Waals surface area contributed by atoms with Gasteiger partial charge in [0.25, 0.3) is 5.91 Å². The fourth-order valence-corrected chi connectivity index (χ4v) is 2.70. The second-order valence-corrected chi connectivity index (χ2v) is 7.32. The highest BCUT2D eigenvalue weighted by molar-refractivity contribution is 6.32. The van der Waals surface area contributed by atoms with E-state index in [1.54, 1.807) is 25.3 Å². The minimum atomic E-state index is -0.160. The molecule has 0 aliphatic rings. The van der Waals surface area contributed by atoms with E-state index in [4.69, 9.17) is 16.3 Å². The first-order valence-corrected chi connectivity index (χ1v) is 8.35. The fourth-order valence-electron chi connectivity index (χ4n) is 2.44. The molecule has 3 nitrogen and oxygen atoms in total. The lowest BCUT2D eigenvalue weighted by Crippen LogP contribution is -2.26. The van der Waals surface area contributed by atoms with Crippen molar-refractivity contribution in [2.24, 2.45) is 0 Å². The zero-order chi connectivity index (χ0) is 17.9. The summed E-state index contributed by atoms with van der Waals surface area (Å²) in [6, 6.07) is 13.3. The van der Waals surface area contributed by atoms with Crippen LogP contribution in [-0.2, 0) is 5.41 Å². The van der Waals surface area contributed by atoms with Crippen LogP contribution in [0.5, 0.6) is 5.75 Å². The van der Waals surface area contributed by atoms with Crippen LogP contribution in [0.2, 0.25) is 5.02 Å². The predicted octanol–water partition coefficient (Wildman–Crippen LogP) is 5.14. The molecule has 2 aromatic carbocycles. The number of benzene rings is 2. The molecule has 0 aliphatic carbocycles. The zero-order valence-electron chi connectivity index (χ0n) is 14.8. The van der Waals surface area contributed by atoms with E-state index in [9.17, 15) is 4.79 Å². The molecule has 0 fully saturated rings. The Bertz CT molecular complexity index is 717. The number of halogens is 1. The fraction of sp³-hybridized carbons (Fsp3) is 0.350. The van der Waals surface area contributed by atoms with Gasteiger partial charge in [0.2, 0.25) is 0 Å². The average molecular weight is 346 g/mol. The summed E-state index contributed by atoms with van der Waals surface area (Å²) in [6.07, 6.45) is 0. The summed E-state index contributed by atoms with van der Waals surface area (Å²) < 4.78 is 5.11. The Kier molecular flexibility index (Phi) is 5.55. The zero-order valence-corrected chi connectivity index (χ0v) is 15.6. The Hall–Kier alpha value is -2.00. The van der Waals surface area contributed by atoms with Crippen molar-refractivity contribution in [1.29, 1.82) is 0 Å². The van der Waals surface area contributed by atoms with Crippen LogP contribution in [0, 0.1) is 0 Å². The molecular formula is C20H24ClNO2. The van der Waals surface area contributed by atoms with Crippen LogP contribution in [0.3, 0.4) is 0 Å². The molecule has 24 heavy (non-hydrogen) atoms. The molecule has 0 spiro atoms. The molecule has 0 aliphatic heterocycles. The maximum atomic E-state index is 12.4. The second kappa shape index (κ2) is 7.27. The van der Waals surface area contributed by atoms with Gasteiger partial charge in [0, 0.05) is 5.56 Å². The average Bonchev–Trinajstić information content (AvgIpc) is 2.54. The van der Waals surface area contributed by atoms with Crippen molar-refractivity contribution in [3.8, 4) is 5.75 Å². The Balaban J connectivity index is 2.10. The van der Waals surface area contributed by atoms with Crippen molar-refractivity contribution < 1.29 is 9.53 Å². The third-order valence-electron chi connectivity index (χ3n) is 4.04. The number of carbonyl (C=O) groups excluding carboxylic acids is 1. The van der Waals surface area contributed by atoms with Crippen LogP contribution in [0.1, 0.15) is 55.2 Å². The minimum Gasteiger partial charge on any atom is -0.495 e. The highest BCUT2D eigenvalue weighted by Crippen LogP contribution is 2.26. The molecule has 128 valence electrons. The van der Waals surface area contributed by atoms with E-state index in [2.05, 4.69) is 50.4 Å². The van der Waals surface area contributed by atoms with Crippen LogP contribution in [0.4, 0.5) is 0 Å². The third-order valence-corrected chi connectivity index (χ3v) is 4.33. The Morgan fingerprint density at radius 1 is 1.12 bits per heavy atom. The quantitative estimate of drug-likeness (QED) is 0.833. The summed E-state index contributed by atoms with van der Waals surface area (Å²) >= 11 is 6.08. The number of hydrogen-bond donors (Lipinski definition) is 1. The smallest absolute Gasteiger partial charge is 0.251 e. The van der Waals surface area contributed by atoms with Crippen LogP contribution >= 0.6 is 11.6 Å². The molecule has 1 atom stereocenters. The first kappa shape index (κ1) is 18.3. The minimum absolute atomic E-state index is 0.0904. The van der Waals surface area contributed by atoms with Gasteiger partial charge < -0.3 is 10.1 Å². The predicted molar refractivity (Wildman–Crippen MR) is 99.0 cm³/mol. The largest absolute Gasteiger partial charge is 0.495 e.